The molecule has 1 aliphatic rings. The summed E-state index contributed by atoms with van der Waals surface area (Å²) in [7, 11) is 0. The van der Waals surface area contributed by atoms with Crippen molar-refractivity contribution in [1.29, 1.82) is 0 Å². The fraction of sp³-hybridized carbons (Fsp3) is 0.533. The van der Waals surface area contributed by atoms with Crippen molar-refractivity contribution in [1.82, 2.24) is 0 Å². The molecule has 2 heteroatoms. The fourth-order valence-corrected chi connectivity index (χ4v) is 2.40. The highest BCUT2D eigenvalue weighted by Gasteiger charge is 2.12. The molecule has 0 radical (unpaired) electrons. The van der Waals surface area contributed by atoms with Crippen LogP contribution in [0.3, 0.4) is 0 Å². The minimum atomic E-state index is 0.270. The Hall–Kier alpha value is -1.31. The molecule has 1 heterocycles. The van der Waals surface area contributed by atoms with E-state index >= 15 is 0 Å². The average Bonchev–Trinajstić information content (AvgIpc) is 2.40. The first-order valence-electron chi connectivity index (χ1n) is 6.69. The van der Waals surface area contributed by atoms with E-state index in [1.54, 1.807) is 0 Å². The zero-order chi connectivity index (χ0) is 12.1. The Morgan fingerprint density at radius 3 is 2.71 bits per heavy atom. The Balaban J connectivity index is 2.12. The van der Waals surface area contributed by atoms with Crippen LogP contribution < -0.4 is 4.90 Å². The van der Waals surface area contributed by atoms with Crippen molar-refractivity contribution < 1.29 is 4.79 Å². The standard InChI is InChI=1S/C15H21NO/c1-2-7-15(17)13-8-6-9-14(12-13)16-10-4-3-5-11-16/h6,8-9,12H,2-5,7,10-11H2,1H3. The van der Waals surface area contributed by atoms with Crippen LogP contribution in [0.5, 0.6) is 0 Å². The number of carbonyl (C=O) groups is 1. The number of nitrogens with zero attached hydrogens (tertiary/aromatic N) is 1. The van der Waals surface area contributed by atoms with Crippen molar-refractivity contribution in [3.8, 4) is 0 Å². The molecule has 92 valence electrons. The van der Waals surface area contributed by atoms with Crippen LogP contribution in [0.2, 0.25) is 0 Å². The van der Waals surface area contributed by atoms with Gasteiger partial charge in [-0.05, 0) is 37.8 Å². The van der Waals surface area contributed by atoms with Crippen molar-refractivity contribution in [3.05, 3.63) is 29.8 Å². The van der Waals surface area contributed by atoms with Gasteiger partial charge in [-0.25, -0.2) is 0 Å². The lowest BCUT2D eigenvalue weighted by molar-refractivity contribution is 0.0982. The maximum absolute atomic E-state index is 11.9. The molecule has 0 saturated carbocycles. The van der Waals surface area contributed by atoms with Crippen LogP contribution in [0.1, 0.15) is 49.4 Å². The Morgan fingerprint density at radius 2 is 2.00 bits per heavy atom. The number of piperidine rings is 1. The second-order valence-electron chi connectivity index (χ2n) is 4.77. The molecule has 0 unspecified atom stereocenters. The number of Topliss-reactive ketones (excluding diaryl/α,β-unsaturated/α-hetero) is 1. The lowest BCUT2D eigenvalue weighted by atomic mass is 10.0. The maximum atomic E-state index is 11.9. The Morgan fingerprint density at radius 1 is 1.24 bits per heavy atom. The van der Waals surface area contributed by atoms with Gasteiger partial charge in [-0.3, -0.25) is 4.79 Å². The topological polar surface area (TPSA) is 20.3 Å². The first-order chi connectivity index (χ1) is 8.31. The van der Waals surface area contributed by atoms with Crippen LogP contribution >= 0.6 is 0 Å². The molecule has 0 amide bonds. The molecule has 2 nitrogen and oxygen atoms in total. The third kappa shape index (κ3) is 3.09. The van der Waals surface area contributed by atoms with E-state index in [2.05, 4.69) is 17.0 Å². The van der Waals surface area contributed by atoms with E-state index < -0.39 is 0 Å². The number of ketones is 1. The zero-order valence-corrected chi connectivity index (χ0v) is 10.6. The molecular weight excluding hydrogens is 210 g/mol. The lowest BCUT2D eigenvalue weighted by Crippen LogP contribution is -2.29. The zero-order valence-electron chi connectivity index (χ0n) is 10.6. The highest BCUT2D eigenvalue weighted by atomic mass is 16.1. The van der Waals surface area contributed by atoms with E-state index in [4.69, 9.17) is 0 Å². The van der Waals surface area contributed by atoms with E-state index in [1.165, 1.54) is 24.9 Å². The molecule has 1 aliphatic heterocycles. The molecule has 1 aromatic rings. The van der Waals surface area contributed by atoms with Gasteiger partial charge in [0.1, 0.15) is 0 Å². The minimum absolute atomic E-state index is 0.270. The van der Waals surface area contributed by atoms with Crippen molar-refractivity contribution in [2.75, 3.05) is 18.0 Å². The number of hydrogen-bond donors (Lipinski definition) is 0. The molecule has 0 N–H and O–H groups in total. The van der Waals surface area contributed by atoms with Crippen molar-refractivity contribution in [2.24, 2.45) is 0 Å². The summed E-state index contributed by atoms with van der Waals surface area (Å²) in [5.41, 5.74) is 2.08. The van der Waals surface area contributed by atoms with E-state index in [9.17, 15) is 4.79 Å². The normalized spacial score (nSPS) is 15.9. The summed E-state index contributed by atoms with van der Waals surface area (Å²) in [6.07, 6.45) is 5.46. The van der Waals surface area contributed by atoms with E-state index in [-0.39, 0.29) is 5.78 Å². The maximum Gasteiger partial charge on any atom is 0.162 e. The van der Waals surface area contributed by atoms with Crippen LogP contribution in [0, 0.1) is 0 Å². The van der Waals surface area contributed by atoms with Crippen molar-refractivity contribution >= 4 is 11.5 Å². The Kier molecular flexibility index (Phi) is 4.18. The molecule has 0 spiro atoms. The third-order valence-electron chi connectivity index (χ3n) is 3.37. The highest BCUT2D eigenvalue weighted by molar-refractivity contribution is 5.96. The lowest BCUT2D eigenvalue weighted by Gasteiger charge is -2.29. The SMILES string of the molecule is CCCC(=O)c1cccc(N2CCCCC2)c1. The van der Waals surface area contributed by atoms with Crippen LogP contribution in [0.25, 0.3) is 0 Å². The summed E-state index contributed by atoms with van der Waals surface area (Å²) < 4.78 is 0. The predicted octanol–water partition coefficient (Wildman–Crippen LogP) is 3.66. The monoisotopic (exact) mass is 231 g/mol. The molecule has 0 aliphatic carbocycles. The van der Waals surface area contributed by atoms with Gasteiger partial charge in [0.15, 0.2) is 5.78 Å². The number of hydrogen-bond acceptors (Lipinski definition) is 2. The molecule has 1 aromatic carbocycles. The molecular formula is C15H21NO. The second-order valence-corrected chi connectivity index (χ2v) is 4.77. The van der Waals surface area contributed by atoms with Gasteiger partial charge in [0.2, 0.25) is 0 Å². The molecule has 2 rings (SSSR count). The fourth-order valence-electron chi connectivity index (χ4n) is 2.40. The Labute approximate surface area is 104 Å². The van der Waals surface area contributed by atoms with Gasteiger partial charge in [-0.2, -0.15) is 0 Å². The Bertz CT molecular complexity index is 380. The van der Waals surface area contributed by atoms with E-state index in [0.29, 0.717) is 6.42 Å². The van der Waals surface area contributed by atoms with Gasteiger partial charge in [-0.15, -0.1) is 0 Å². The average molecular weight is 231 g/mol. The summed E-state index contributed by atoms with van der Waals surface area (Å²) in [5, 5.41) is 0. The molecule has 1 saturated heterocycles. The summed E-state index contributed by atoms with van der Waals surface area (Å²) >= 11 is 0. The number of carbonyl (C=O) groups excluding carboxylic acids is 1. The largest absolute Gasteiger partial charge is 0.372 e. The molecule has 0 bridgehead atoms. The van der Waals surface area contributed by atoms with Crippen LogP contribution in [0.15, 0.2) is 24.3 Å². The molecule has 0 atom stereocenters. The minimum Gasteiger partial charge on any atom is -0.372 e. The first-order valence-corrected chi connectivity index (χ1v) is 6.69. The number of rotatable bonds is 4. The highest BCUT2D eigenvalue weighted by Crippen LogP contribution is 2.21. The quantitative estimate of drug-likeness (QED) is 0.737. The molecule has 1 fully saturated rings. The van der Waals surface area contributed by atoms with Crippen LogP contribution in [0.4, 0.5) is 5.69 Å². The molecule has 0 aromatic heterocycles. The van der Waals surface area contributed by atoms with Gasteiger partial charge in [0.05, 0.1) is 0 Å². The molecule has 17 heavy (non-hydrogen) atoms. The van der Waals surface area contributed by atoms with Gasteiger partial charge in [0.25, 0.3) is 0 Å². The third-order valence-corrected chi connectivity index (χ3v) is 3.37. The summed E-state index contributed by atoms with van der Waals surface area (Å²) in [6.45, 7) is 4.31. The summed E-state index contributed by atoms with van der Waals surface area (Å²) in [4.78, 5) is 14.3. The number of benzene rings is 1. The summed E-state index contributed by atoms with van der Waals surface area (Å²) in [6, 6.07) is 8.12. The van der Waals surface area contributed by atoms with Gasteiger partial charge >= 0.3 is 0 Å². The number of anilines is 1. The van der Waals surface area contributed by atoms with E-state index in [0.717, 1.165) is 25.1 Å². The van der Waals surface area contributed by atoms with Crippen molar-refractivity contribution in [3.63, 3.8) is 0 Å². The second kappa shape index (κ2) is 5.85. The van der Waals surface area contributed by atoms with Crippen LogP contribution in [-0.2, 0) is 0 Å². The van der Waals surface area contributed by atoms with E-state index in [1.807, 2.05) is 19.1 Å². The smallest absolute Gasteiger partial charge is 0.162 e. The van der Waals surface area contributed by atoms with Gasteiger partial charge in [0, 0.05) is 30.8 Å². The van der Waals surface area contributed by atoms with Crippen LogP contribution in [-0.4, -0.2) is 18.9 Å². The predicted molar refractivity (Wildman–Crippen MR) is 71.7 cm³/mol. The first kappa shape index (κ1) is 12.2. The summed E-state index contributed by atoms with van der Waals surface area (Å²) in [5.74, 6) is 0.270. The van der Waals surface area contributed by atoms with Gasteiger partial charge < -0.3 is 4.90 Å². The van der Waals surface area contributed by atoms with Gasteiger partial charge in [-0.1, -0.05) is 19.1 Å². The van der Waals surface area contributed by atoms with Crippen molar-refractivity contribution in [2.45, 2.75) is 39.0 Å².